The summed E-state index contributed by atoms with van der Waals surface area (Å²) < 4.78 is 0. The number of rotatable bonds is 3. The zero-order valence-electron chi connectivity index (χ0n) is 12.1. The van der Waals surface area contributed by atoms with Crippen molar-refractivity contribution in [3.05, 3.63) is 47.9 Å². The first-order valence-corrected chi connectivity index (χ1v) is 7.79. The minimum absolute atomic E-state index is 0.637. The number of hydrogen-bond acceptors (Lipinski definition) is 4. The Balaban J connectivity index is 1.57. The molecule has 4 nitrogen and oxygen atoms in total. The van der Waals surface area contributed by atoms with Gasteiger partial charge in [-0.2, -0.15) is 0 Å². The van der Waals surface area contributed by atoms with Crippen molar-refractivity contribution < 1.29 is 0 Å². The van der Waals surface area contributed by atoms with Gasteiger partial charge in [-0.3, -0.25) is 0 Å². The van der Waals surface area contributed by atoms with Crippen molar-refractivity contribution in [2.45, 2.75) is 31.7 Å². The molecule has 2 heterocycles. The average Bonchev–Trinajstić information content (AvgIpc) is 3.35. The van der Waals surface area contributed by atoms with Crippen LogP contribution in [-0.2, 0) is 12.8 Å². The minimum Gasteiger partial charge on any atom is -0.371 e. The molecule has 0 unspecified atom stereocenters. The van der Waals surface area contributed by atoms with E-state index in [-0.39, 0.29) is 0 Å². The van der Waals surface area contributed by atoms with Crippen molar-refractivity contribution >= 4 is 11.5 Å². The normalized spacial score (nSPS) is 18.0. The van der Waals surface area contributed by atoms with Gasteiger partial charge in [0.2, 0.25) is 0 Å². The molecule has 0 bridgehead atoms. The summed E-state index contributed by atoms with van der Waals surface area (Å²) in [5.74, 6) is 1.07. The summed E-state index contributed by atoms with van der Waals surface area (Å²) in [5.41, 5.74) is 3.84. The van der Waals surface area contributed by atoms with Crippen molar-refractivity contribution in [2.24, 2.45) is 0 Å². The molecule has 4 rings (SSSR count). The van der Waals surface area contributed by atoms with Gasteiger partial charge in [-0.05, 0) is 31.4 Å². The number of benzene rings is 1. The van der Waals surface area contributed by atoms with Crippen molar-refractivity contribution in [2.75, 3.05) is 23.3 Å². The minimum atomic E-state index is 0.637. The third kappa shape index (κ3) is 2.71. The van der Waals surface area contributed by atoms with Gasteiger partial charge in [-0.15, -0.1) is 0 Å². The molecule has 4 heteroatoms. The van der Waals surface area contributed by atoms with Gasteiger partial charge in [-0.1, -0.05) is 18.2 Å². The van der Waals surface area contributed by atoms with Crippen LogP contribution in [0, 0.1) is 0 Å². The lowest BCUT2D eigenvalue weighted by Gasteiger charge is -2.22. The largest absolute Gasteiger partial charge is 0.371 e. The lowest BCUT2D eigenvalue weighted by atomic mass is 10.1. The maximum Gasteiger partial charge on any atom is 0.133 e. The Bertz CT molecular complexity index is 622. The molecule has 108 valence electrons. The number of nitrogens with zero attached hydrogens (tertiary/aromatic N) is 3. The molecule has 0 amide bonds. The number of aromatic nitrogens is 2. The summed E-state index contributed by atoms with van der Waals surface area (Å²) in [5, 5.41) is 3.56. The summed E-state index contributed by atoms with van der Waals surface area (Å²) >= 11 is 0. The zero-order valence-corrected chi connectivity index (χ0v) is 12.1. The molecule has 0 spiro atoms. The highest BCUT2D eigenvalue weighted by molar-refractivity contribution is 5.52. The second-order valence-electron chi connectivity index (χ2n) is 5.89. The second-order valence-corrected chi connectivity index (χ2v) is 5.89. The molecule has 1 aromatic heterocycles. The predicted molar refractivity (Wildman–Crippen MR) is 84.7 cm³/mol. The van der Waals surface area contributed by atoms with Crippen LogP contribution in [0.3, 0.4) is 0 Å². The van der Waals surface area contributed by atoms with Gasteiger partial charge in [-0.25, -0.2) is 9.97 Å². The molecule has 1 aromatic carbocycles. The Morgan fingerprint density at radius 2 is 1.81 bits per heavy atom. The summed E-state index contributed by atoms with van der Waals surface area (Å²) in [6, 6.07) is 11.3. The van der Waals surface area contributed by atoms with Gasteiger partial charge in [0.25, 0.3) is 0 Å². The Hall–Kier alpha value is -2.10. The quantitative estimate of drug-likeness (QED) is 0.938. The Kier molecular flexibility index (Phi) is 3.22. The first-order valence-electron chi connectivity index (χ1n) is 7.79. The van der Waals surface area contributed by atoms with Gasteiger partial charge >= 0.3 is 0 Å². The smallest absolute Gasteiger partial charge is 0.133 e. The highest BCUT2D eigenvalue weighted by Crippen LogP contribution is 2.28. The number of anilines is 2. The van der Waals surface area contributed by atoms with E-state index >= 15 is 0 Å². The van der Waals surface area contributed by atoms with Gasteiger partial charge in [0, 0.05) is 36.8 Å². The van der Waals surface area contributed by atoms with Crippen LogP contribution in [-0.4, -0.2) is 29.1 Å². The van der Waals surface area contributed by atoms with E-state index < -0.39 is 0 Å². The number of nitrogens with one attached hydrogen (secondary N) is 1. The van der Waals surface area contributed by atoms with Gasteiger partial charge in [0.05, 0.1) is 5.69 Å². The topological polar surface area (TPSA) is 41.1 Å². The van der Waals surface area contributed by atoms with E-state index in [4.69, 9.17) is 0 Å². The molecule has 2 aliphatic rings. The maximum absolute atomic E-state index is 4.52. The number of hydrogen-bond donors (Lipinski definition) is 1. The van der Waals surface area contributed by atoms with E-state index in [0.29, 0.717) is 6.04 Å². The van der Waals surface area contributed by atoms with E-state index in [0.717, 1.165) is 31.7 Å². The Morgan fingerprint density at radius 1 is 1.00 bits per heavy atom. The molecule has 21 heavy (non-hydrogen) atoms. The lowest BCUT2D eigenvalue weighted by Crippen LogP contribution is -2.25. The molecule has 1 aliphatic heterocycles. The standard InChI is InChI=1S/C17H20N4/c1-2-4-14(5-3-1)21-10-8-15-16(9-11-21)18-12-19-17(15)20-13-6-7-13/h1-5,12-13H,6-11H2,(H,18,19,20). The molecule has 1 saturated carbocycles. The van der Waals surface area contributed by atoms with Crippen LogP contribution in [0.25, 0.3) is 0 Å². The van der Waals surface area contributed by atoms with E-state index in [1.165, 1.54) is 29.8 Å². The third-order valence-corrected chi connectivity index (χ3v) is 4.32. The molecule has 0 radical (unpaired) electrons. The van der Waals surface area contributed by atoms with Crippen molar-refractivity contribution in [1.82, 2.24) is 9.97 Å². The monoisotopic (exact) mass is 280 g/mol. The molecule has 1 N–H and O–H groups in total. The fourth-order valence-corrected chi connectivity index (χ4v) is 2.97. The van der Waals surface area contributed by atoms with E-state index in [2.05, 4.69) is 50.5 Å². The van der Waals surface area contributed by atoms with Crippen LogP contribution in [0.5, 0.6) is 0 Å². The lowest BCUT2D eigenvalue weighted by molar-refractivity contribution is 0.802. The van der Waals surface area contributed by atoms with E-state index in [9.17, 15) is 0 Å². The molecule has 0 saturated heterocycles. The van der Waals surface area contributed by atoms with Crippen LogP contribution in [0.15, 0.2) is 36.7 Å². The van der Waals surface area contributed by atoms with Crippen LogP contribution in [0.4, 0.5) is 11.5 Å². The van der Waals surface area contributed by atoms with Crippen LogP contribution < -0.4 is 10.2 Å². The number of para-hydroxylation sites is 1. The first-order chi connectivity index (χ1) is 10.4. The van der Waals surface area contributed by atoms with E-state index in [1.54, 1.807) is 6.33 Å². The van der Waals surface area contributed by atoms with Gasteiger partial charge in [0.15, 0.2) is 0 Å². The Labute approximate surface area is 125 Å². The highest BCUT2D eigenvalue weighted by atomic mass is 15.1. The average molecular weight is 280 g/mol. The summed E-state index contributed by atoms with van der Waals surface area (Å²) in [6.07, 6.45) is 6.26. The van der Waals surface area contributed by atoms with E-state index in [1.807, 2.05) is 0 Å². The fourth-order valence-electron chi connectivity index (χ4n) is 2.97. The number of fused-ring (bicyclic) bond motifs is 1. The maximum atomic E-state index is 4.52. The molecule has 0 atom stereocenters. The summed E-state index contributed by atoms with van der Waals surface area (Å²) in [6.45, 7) is 2.06. The predicted octanol–water partition coefficient (Wildman–Crippen LogP) is 2.66. The van der Waals surface area contributed by atoms with Crippen molar-refractivity contribution in [1.29, 1.82) is 0 Å². The Morgan fingerprint density at radius 3 is 2.62 bits per heavy atom. The zero-order chi connectivity index (χ0) is 14.1. The third-order valence-electron chi connectivity index (χ3n) is 4.32. The summed E-state index contributed by atoms with van der Waals surface area (Å²) in [7, 11) is 0. The fraction of sp³-hybridized carbons (Fsp3) is 0.412. The van der Waals surface area contributed by atoms with Crippen molar-refractivity contribution in [3.8, 4) is 0 Å². The molecule has 2 aromatic rings. The van der Waals surface area contributed by atoms with Crippen LogP contribution >= 0.6 is 0 Å². The first kappa shape index (κ1) is 12.6. The molecule has 1 fully saturated rings. The molecular weight excluding hydrogens is 260 g/mol. The van der Waals surface area contributed by atoms with Crippen LogP contribution in [0.2, 0.25) is 0 Å². The highest BCUT2D eigenvalue weighted by Gasteiger charge is 2.25. The SMILES string of the molecule is c1ccc(N2CCc3ncnc(NC4CC4)c3CC2)cc1. The molecule has 1 aliphatic carbocycles. The van der Waals surface area contributed by atoms with Gasteiger partial charge < -0.3 is 10.2 Å². The van der Waals surface area contributed by atoms with Crippen molar-refractivity contribution in [3.63, 3.8) is 0 Å². The second kappa shape index (κ2) is 5.35. The molecular formula is C17H20N4. The summed E-state index contributed by atoms with van der Waals surface area (Å²) in [4.78, 5) is 11.4. The van der Waals surface area contributed by atoms with Gasteiger partial charge in [0.1, 0.15) is 12.1 Å². The van der Waals surface area contributed by atoms with Crippen LogP contribution in [0.1, 0.15) is 24.1 Å².